The number of thiazole rings is 1. The Labute approximate surface area is 139 Å². The van der Waals surface area contributed by atoms with Crippen molar-refractivity contribution in [3.63, 3.8) is 0 Å². The molecule has 1 N–H and O–H groups in total. The number of rotatable bonds is 5. The van der Waals surface area contributed by atoms with Crippen LogP contribution in [-0.2, 0) is 5.41 Å². The molecule has 0 spiro atoms. The van der Waals surface area contributed by atoms with E-state index in [0.717, 1.165) is 33.7 Å². The number of pyridine rings is 1. The molecule has 2 aromatic heterocycles. The van der Waals surface area contributed by atoms with Crippen LogP contribution in [0.1, 0.15) is 56.4 Å². The summed E-state index contributed by atoms with van der Waals surface area (Å²) in [5.74, 6) is 0. The molecule has 114 valence electrons. The zero-order valence-corrected chi connectivity index (χ0v) is 15.4. The molecule has 1 unspecified atom stereocenters. The molecule has 0 aromatic carbocycles. The van der Waals surface area contributed by atoms with Crippen LogP contribution in [0, 0.1) is 0 Å². The normalized spacial score (nSPS) is 13.4. The van der Waals surface area contributed by atoms with Gasteiger partial charge in [0.15, 0.2) is 0 Å². The van der Waals surface area contributed by atoms with Gasteiger partial charge in [-0.1, -0.05) is 27.7 Å². The molecule has 2 heterocycles. The van der Waals surface area contributed by atoms with Gasteiger partial charge in [0, 0.05) is 27.7 Å². The van der Waals surface area contributed by atoms with Crippen molar-refractivity contribution in [2.24, 2.45) is 0 Å². The predicted molar refractivity (Wildman–Crippen MR) is 92.9 cm³/mol. The zero-order chi connectivity index (χ0) is 15.5. The average molecular weight is 368 g/mol. The van der Waals surface area contributed by atoms with Crippen LogP contribution in [0.15, 0.2) is 28.3 Å². The van der Waals surface area contributed by atoms with Gasteiger partial charge in [-0.05, 0) is 40.5 Å². The molecule has 1 atom stereocenters. The molecule has 0 aliphatic rings. The van der Waals surface area contributed by atoms with Crippen molar-refractivity contribution in [1.29, 1.82) is 0 Å². The predicted octanol–water partition coefficient (Wildman–Crippen LogP) is 4.69. The first kappa shape index (κ1) is 16.6. The topological polar surface area (TPSA) is 37.8 Å². The monoisotopic (exact) mass is 367 g/mol. The molecule has 0 saturated heterocycles. The average Bonchev–Trinajstić information content (AvgIpc) is 2.89. The molecule has 21 heavy (non-hydrogen) atoms. The SMILES string of the molecule is CCCNC(c1cncc(Br)c1)c1nc(C(C)(C)C)cs1. The van der Waals surface area contributed by atoms with Gasteiger partial charge in [0.25, 0.3) is 0 Å². The van der Waals surface area contributed by atoms with Crippen molar-refractivity contribution < 1.29 is 0 Å². The van der Waals surface area contributed by atoms with Crippen molar-refractivity contribution in [2.45, 2.75) is 45.6 Å². The van der Waals surface area contributed by atoms with Crippen LogP contribution in [-0.4, -0.2) is 16.5 Å². The van der Waals surface area contributed by atoms with E-state index in [4.69, 9.17) is 4.98 Å². The van der Waals surface area contributed by atoms with E-state index in [1.54, 1.807) is 11.3 Å². The highest BCUT2D eigenvalue weighted by atomic mass is 79.9. The Morgan fingerprint density at radius 2 is 2.10 bits per heavy atom. The van der Waals surface area contributed by atoms with E-state index in [2.05, 4.69) is 65.4 Å². The third-order valence-electron chi connectivity index (χ3n) is 3.20. The van der Waals surface area contributed by atoms with Crippen LogP contribution in [0.25, 0.3) is 0 Å². The van der Waals surface area contributed by atoms with Gasteiger partial charge in [-0.2, -0.15) is 0 Å². The summed E-state index contributed by atoms with van der Waals surface area (Å²) in [5.41, 5.74) is 2.38. The van der Waals surface area contributed by atoms with Crippen molar-refractivity contribution in [3.8, 4) is 0 Å². The molecule has 0 aliphatic heterocycles. The van der Waals surface area contributed by atoms with Gasteiger partial charge >= 0.3 is 0 Å². The summed E-state index contributed by atoms with van der Waals surface area (Å²) in [6.45, 7) is 9.72. The van der Waals surface area contributed by atoms with E-state index in [1.807, 2.05) is 12.4 Å². The molecular weight excluding hydrogens is 346 g/mol. The van der Waals surface area contributed by atoms with Gasteiger partial charge in [-0.25, -0.2) is 4.98 Å². The molecule has 2 rings (SSSR count). The van der Waals surface area contributed by atoms with Crippen LogP contribution < -0.4 is 5.32 Å². The number of halogens is 1. The minimum atomic E-state index is 0.0829. The van der Waals surface area contributed by atoms with Gasteiger partial charge in [0.1, 0.15) is 5.01 Å². The number of aromatic nitrogens is 2. The lowest BCUT2D eigenvalue weighted by Gasteiger charge is -2.18. The Hall–Kier alpha value is -0.780. The largest absolute Gasteiger partial charge is 0.304 e. The van der Waals surface area contributed by atoms with E-state index in [9.17, 15) is 0 Å². The van der Waals surface area contributed by atoms with Gasteiger partial charge in [0.2, 0.25) is 0 Å². The lowest BCUT2D eigenvalue weighted by atomic mass is 9.93. The maximum atomic E-state index is 4.85. The molecule has 5 heteroatoms. The molecule has 0 fully saturated rings. The van der Waals surface area contributed by atoms with Crippen molar-refractivity contribution >= 4 is 27.3 Å². The summed E-state index contributed by atoms with van der Waals surface area (Å²) in [6, 6.07) is 2.22. The highest BCUT2D eigenvalue weighted by Gasteiger charge is 2.22. The standard InChI is InChI=1S/C16H22BrN3S/c1-5-6-19-14(11-7-12(17)9-18-8-11)15-20-13(10-21-15)16(2,3)4/h7-10,14,19H,5-6H2,1-4H3. The minimum absolute atomic E-state index is 0.0829. The molecule has 2 aromatic rings. The summed E-state index contributed by atoms with van der Waals surface area (Å²) in [4.78, 5) is 9.14. The smallest absolute Gasteiger partial charge is 0.114 e. The zero-order valence-electron chi connectivity index (χ0n) is 13.0. The second kappa shape index (κ2) is 6.99. The molecule has 0 bridgehead atoms. The molecule has 0 aliphatic carbocycles. The van der Waals surface area contributed by atoms with E-state index in [-0.39, 0.29) is 11.5 Å². The van der Waals surface area contributed by atoms with Crippen LogP contribution in [0.2, 0.25) is 0 Å². The maximum Gasteiger partial charge on any atom is 0.114 e. The Morgan fingerprint density at radius 3 is 2.67 bits per heavy atom. The second-order valence-corrected chi connectivity index (χ2v) is 7.95. The Kier molecular flexibility index (Phi) is 5.52. The number of nitrogens with zero attached hydrogens (tertiary/aromatic N) is 2. The van der Waals surface area contributed by atoms with Crippen molar-refractivity contribution in [2.75, 3.05) is 6.54 Å². The molecular formula is C16H22BrN3S. The summed E-state index contributed by atoms with van der Waals surface area (Å²) < 4.78 is 0.996. The molecule has 0 amide bonds. The van der Waals surface area contributed by atoms with Crippen LogP contribution in [0.5, 0.6) is 0 Å². The highest BCUT2D eigenvalue weighted by Crippen LogP contribution is 2.30. The van der Waals surface area contributed by atoms with E-state index in [0.29, 0.717) is 0 Å². The summed E-state index contributed by atoms with van der Waals surface area (Å²) >= 11 is 5.22. The lowest BCUT2D eigenvalue weighted by Crippen LogP contribution is -2.23. The van der Waals surface area contributed by atoms with Gasteiger partial charge in [-0.3, -0.25) is 4.98 Å². The lowest BCUT2D eigenvalue weighted by molar-refractivity contribution is 0.557. The quantitative estimate of drug-likeness (QED) is 0.832. The number of hydrogen-bond acceptors (Lipinski definition) is 4. The first-order chi connectivity index (χ1) is 9.91. The van der Waals surface area contributed by atoms with E-state index in [1.165, 1.54) is 0 Å². The number of hydrogen-bond donors (Lipinski definition) is 1. The maximum absolute atomic E-state index is 4.85. The molecule has 0 saturated carbocycles. The Balaban J connectivity index is 2.34. The first-order valence-electron chi connectivity index (χ1n) is 7.21. The summed E-state index contributed by atoms with van der Waals surface area (Å²) in [7, 11) is 0. The third-order valence-corrected chi connectivity index (χ3v) is 4.54. The summed E-state index contributed by atoms with van der Waals surface area (Å²) in [5, 5.41) is 6.85. The fraction of sp³-hybridized carbons (Fsp3) is 0.500. The fourth-order valence-electron chi connectivity index (χ4n) is 1.99. The Morgan fingerprint density at radius 1 is 1.33 bits per heavy atom. The third kappa shape index (κ3) is 4.34. The number of nitrogens with one attached hydrogen (secondary N) is 1. The summed E-state index contributed by atoms with van der Waals surface area (Å²) in [6.07, 6.45) is 4.81. The Bertz CT molecular complexity index is 589. The highest BCUT2D eigenvalue weighted by molar-refractivity contribution is 9.10. The first-order valence-corrected chi connectivity index (χ1v) is 8.89. The van der Waals surface area contributed by atoms with E-state index < -0.39 is 0 Å². The van der Waals surface area contributed by atoms with Gasteiger partial charge in [0.05, 0.1) is 11.7 Å². The van der Waals surface area contributed by atoms with E-state index >= 15 is 0 Å². The van der Waals surface area contributed by atoms with Crippen LogP contribution in [0.4, 0.5) is 0 Å². The molecule has 0 radical (unpaired) electrons. The van der Waals surface area contributed by atoms with Gasteiger partial charge in [-0.15, -0.1) is 11.3 Å². The fourth-order valence-corrected chi connectivity index (χ4v) is 3.51. The second-order valence-electron chi connectivity index (χ2n) is 6.14. The van der Waals surface area contributed by atoms with Crippen LogP contribution >= 0.6 is 27.3 Å². The minimum Gasteiger partial charge on any atom is -0.304 e. The van der Waals surface area contributed by atoms with Crippen LogP contribution in [0.3, 0.4) is 0 Å². The van der Waals surface area contributed by atoms with Gasteiger partial charge < -0.3 is 5.32 Å². The molecule has 3 nitrogen and oxygen atoms in total. The van der Waals surface area contributed by atoms with Crippen molar-refractivity contribution in [3.05, 3.63) is 44.6 Å². The van der Waals surface area contributed by atoms with Crippen molar-refractivity contribution in [1.82, 2.24) is 15.3 Å².